The Hall–Kier alpha value is -2.87. The SMILES string of the molecule is Cc1ccc(-n2c(C)nc(C(=O)NCC(O)CN3CCN(c4cccc(Cl)c4C)CC3)c2C)cc1. The second-order valence-electron chi connectivity index (χ2n) is 9.30. The third-order valence-electron chi connectivity index (χ3n) is 6.70. The molecule has 0 bridgehead atoms. The molecule has 3 aromatic rings. The summed E-state index contributed by atoms with van der Waals surface area (Å²) in [7, 11) is 0. The first kappa shape index (κ1) is 25.2. The number of aryl methyl sites for hydroxylation is 2. The Bertz CT molecular complexity index is 1180. The quantitative estimate of drug-likeness (QED) is 0.523. The highest BCUT2D eigenvalue weighted by Gasteiger charge is 2.23. The third-order valence-corrected chi connectivity index (χ3v) is 7.11. The number of hydrogen-bond donors (Lipinski definition) is 2. The van der Waals surface area contributed by atoms with E-state index in [2.05, 4.69) is 26.2 Å². The molecular formula is C27H34ClN5O2. The van der Waals surface area contributed by atoms with Gasteiger partial charge in [0.25, 0.3) is 5.91 Å². The molecule has 1 aromatic heterocycles. The van der Waals surface area contributed by atoms with Crippen LogP contribution < -0.4 is 10.2 Å². The minimum Gasteiger partial charge on any atom is -0.390 e. The third kappa shape index (κ3) is 5.69. The van der Waals surface area contributed by atoms with Crippen LogP contribution in [0.3, 0.4) is 0 Å². The Morgan fingerprint density at radius 3 is 2.43 bits per heavy atom. The number of β-amino-alcohol motifs (C(OH)–C–C–N with tert-alkyl or cyclic N) is 1. The van der Waals surface area contributed by atoms with Gasteiger partial charge in [0.1, 0.15) is 11.5 Å². The van der Waals surface area contributed by atoms with Crippen molar-refractivity contribution in [3.8, 4) is 5.69 Å². The van der Waals surface area contributed by atoms with Crippen molar-refractivity contribution in [1.29, 1.82) is 0 Å². The Labute approximate surface area is 212 Å². The normalized spacial score (nSPS) is 15.3. The number of halogens is 1. The van der Waals surface area contributed by atoms with Crippen LogP contribution in [-0.4, -0.2) is 70.8 Å². The number of benzene rings is 2. The molecule has 0 saturated carbocycles. The van der Waals surface area contributed by atoms with Crippen LogP contribution in [0.5, 0.6) is 0 Å². The lowest BCUT2D eigenvalue weighted by molar-refractivity contribution is 0.0847. The number of anilines is 1. The van der Waals surface area contributed by atoms with E-state index in [9.17, 15) is 9.90 Å². The first-order valence-electron chi connectivity index (χ1n) is 12.1. The molecule has 186 valence electrons. The minimum absolute atomic E-state index is 0.183. The van der Waals surface area contributed by atoms with Crippen molar-refractivity contribution in [2.24, 2.45) is 0 Å². The van der Waals surface area contributed by atoms with Gasteiger partial charge in [0.05, 0.1) is 11.8 Å². The van der Waals surface area contributed by atoms with E-state index in [1.807, 2.05) is 68.7 Å². The largest absolute Gasteiger partial charge is 0.390 e. The highest BCUT2D eigenvalue weighted by Crippen LogP contribution is 2.27. The number of piperazine rings is 1. The topological polar surface area (TPSA) is 73.6 Å². The Balaban J connectivity index is 1.29. The van der Waals surface area contributed by atoms with Gasteiger partial charge < -0.3 is 19.9 Å². The van der Waals surface area contributed by atoms with Gasteiger partial charge in [0, 0.05) is 55.7 Å². The molecule has 8 heteroatoms. The van der Waals surface area contributed by atoms with Gasteiger partial charge in [-0.15, -0.1) is 0 Å². The zero-order valence-electron chi connectivity index (χ0n) is 20.9. The summed E-state index contributed by atoms with van der Waals surface area (Å²) in [6.45, 7) is 12.0. The first-order chi connectivity index (χ1) is 16.7. The van der Waals surface area contributed by atoms with E-state index in [0.29, 0.717) is 12.2 Å². The molecule has 35 heavy (non-hydrogen) atoms. The molecule has 1 unspecified atom stereocenters. The van der Waals surface area contributed by atoms with Gasteiger partial charge in [0.2, 0.25) is 0 Å². The predicted molar refractivity (Wildman–Crippen MR) is 141 cm³/mol. The Morgan fingerprint density at radius 2 is 1.74 bits per heavy atom. The summed E-state index contributed by atoms with van der Waals surface area (Å²) in [6.07, 6.45) is -0.654. The molecule has 1 aliphatic heterocycles. The zero-order valence-corrected chi connectivity index (χ0v) is 21.6. The van der Waals surface area contributed by atoms with Crippen molar-refractivity contribution in [3.05, 3.63) is 75.8 Å². The van der Waals surface area contributed by atoms with Gasteiger partial charge in [-0.05, 0) is 57.5 Å². The standard InChI is InChI=1S/C27H34ClN5O2/c1-18-8-10-22(11-9-18)33-20(3)26(30-21(33)4)27(35)29-16-23(34)17-31-12-14-32(15-13-31)25-7-5-6-24(28)19(25)2/h5-11,23,34H,12-17H2,1-4H3,(H,29,35). The van der Waals surface area contributed by atoms with Crippen molar-refractivity contribution < 1.29 is 9.90 Å². The number of aliphatic hydroxyl groups is 1. The summed E-state index contributed by atoms with van der Waals surface area (Å²) in [4.78, 5) is 21.9. The van der Waals surface area contributed by atoms with E-state index in [-0.39, 0.29) is 12.5 Å². The highest BCUT2D eigenvalue weighted by atomic mass is 35.5. The Kier molecular flexibility index (Phi) is 7.79. The second-order valence-corrected chi connectivity index (χ2v) is 9.71. The van der Waals surface area contributed by atoms with E-state index < -0.39 is 6.10 Å². The number of hydrogen-bond acceptors (Lipinski definition) is 5. The number of aromatic nitrogens is 2. The summed E-state index contributed by atoms with van der Waals surface area (Å²) in [5.74, 6) is 0.488. The fourth-order valence-corrected chi connectivity index (χ4v) is 4.87. The molecule has 2 aromatic carbocycles. The molecule has 2 heterocycles. The number of carbonyl (C=O) groups is 1. The number of rotatable bonds is 7. The van der Waals surface area contributed by atoms with Crippen LogP contribution in [0.4, 0.5) is 5.69 Å². The fourth-order valence-electron chi connectivity index (χ4n) is 4.70. The number of aliphatic hydroxyl groups excluding tert-OH is 1. The maximum absolute atomic E-state index is 12.8. The maximum Gasteiger partial charge on any atom is 0.271 e. The van der Waals surface area contributed by atoms with E-state index in [1.54, 1.807) is 0 Å². The smallest absolute Gasteiger partial charge is 0.271 e. The predicted octanol–water partition coefficient (Wildman–Crippen LogP) is 3.67. The van der Waals surface area contributed by atoms with Gasteiger partial charge in [-0.3, -0.25) is 9.69 Å². The number of carbonyl (C=O) groups excluding carboxylic acids is 1. The van der Waals surface area contributed by atoms with Gasteiger partial charge in [-0.2, -0.15) is 0 Å². The van der Waals surface area contributed by atoms with Crippen LogP contribution in [-0.2, 0) is 0 Å². The molecule has 0 radical (unpaired) electrons. The van der Waals surface area contributed by atoms with Crippen LogP contribution in [0, 0.1) is 27.7 Å². The zero-order chi connectivity index (χ0) is 25.1. The number of amides is 1. The number of imidazole rings is 1. The van der Waals surface area contributed by atoms with E-state index >= 15 is 0 Å². The molecule has 0 aliphatic carbocycles. The van der Waals surface area contributed by atoms with Gasteiger partial charge >= 0.3 is 0 Å². The van der Waals surface area contributed by atoms with Crippen LogP contribution in [0.15, 0.2) is 42.5 Å². The molecule has 1 atom stereocenters. The van der Waals surface area contributed by atoms with Crippen LogP contribution in [0.1, 0.15) is 33.1 Å². The average molecular weight is 496 g/mol. The average Bonchev–Trinajstić information content (AvgIpc) is 3.14. The molecular weight excluding hydrogens is 462 g/mol. The van der Waals surface area contributed by atoms with Gasteiger partial charge in [-0.1, -0.05) is 35.4 Å². The summed E-state index contributed by atoms with van der Waals surface area (Å²) in [6, 6.07) is 14.1. The fraction of sp³-hybridized carbons (Fsp3) is 0.407. The van der Waals surface area contributed by atoms with Crippen molar-refractivity contribution in [3.63, 3.8) is 0 Å². The molecule has 4 rings (SSSR count). The first-order valence-corrected chi connectivity index (χ1v) is 12.4. The van der Waals surface area contributed by atoms with Crippen molar-refractivity contribution in [1.82, 2.24) is 19.8 Å². The summed E-state index contributed by atoms with van der Waals surface area (Å²) in [5.41, 5.74) is 5.59. The van der Waals surface area contributed by atoms with Crippen molar-refractivity contribution in [2.75, 3.05) is 44.2 Å². The van der Waals surface area contributed by atoms with Gasteiger partial charge in [-0.25, -0.2) is 4.98 Å². The lowest BCUT2D eigenvalue weighted by Crippen LogP contribution is -2.50. The van der Waals surface area contributed by atoms with Crippen LogP contribution in [0.25, 0.3) is 5.69 Å². The van der Waals surface area contributed by atoms with Crippen molar-refractivity contribution in [2.45, 2.75) is 33.8 Å². The van der Waals surface area contributed by atoms with E-state index in [4.69, 9.17) is 11.6 Å². The molecule has 1 amide bonds. The molecule has 1 aliphatic rings. The minimum atomic E-state index is -0.654. The lowest BCUT2D eigenvalue weighted by Gasteiger charge is -2.37. The molecule has 0 spiro atoms. The monoisotopic (exact) mass is 495 g/mol. The summed E-state index contributed by atoms with van der Waals surface area (Å²) < 4.78 is 1.98. The van der Waals surface area contributed by atoms with Crippen molar-refractivity contribution >= 4 is 23.2 Å². The van der Waals surface area contributed by atoms with E-state index in [0.717, 1.165) is 54.0 Å². The van der Waals surface area contributed by atoms with Gasteiger partial charge in [0.15, 0.2) is 0 Å². The number of nitrogens with one attached hydrogen (secondary N) is 1. The molecule has 7 nitrogen and oxygen atoms in total. The molecule has 2 N–H and O–H groups in total. The highest BCUT2D eigenvalue weighted by molar-refractivity contribution is 6.31. The second kappa shape index (κ2) is 10.8. The van der Waals surface area contributed by atoms with Crippen LogP contribution >= 0.6 is 11.6 Å². The maximum atomic E-state index is 12.8. The van der Waals surface area contributed by atoms with Crippen LogP contribution in [0.2, 0.25) is 5.02 Å². The lowest BCUT2D eigenvalue weighted by atomic mass is 10.1. The molecule has 1 fully saturated rings. The number of nitrogens with zero attached hydrogens (tertiary/aromatic N) is 4. The molecule has 1 saturated heterocycles. The Morgan fingerprint density at radius 1 is 1.06 bits per heavy atom. The summed E-state index contributed by atoms with van der Waals surface area (Å²) >= 11 is 6.28. The van der Waals surface area contributed by atoms with E-state index in [1.165, 1.54) is 11.3 Å². The summed E-state index contributed by atoms with van der Waals surface area (Å²) in [5, 5.41) is 14.2.